The predicted octanol–water partition coefficient (Wildman–Crippen LogP) is 7.05. The Morgan fingerprint density at radius 3 is 1.88 bits per heavy atom. The van der Waals surface area contributed by atoms with E-state index in [1.54, 1.807) is 0 Å². The van der Waals surface area contributed by atoms with Crippen LogP contribution in [0.3, 0.4) is 0 Å². The highest BCUT2D eigenvalue weighted by Gasteiger charge is 2.24. The number of benzene rings is 1. The molecule has 0 aliphatic rings. The van der Waals surface area contributed by atoms with Crippen LogP contribution < -0.4 is 4.72 Å². The van der Waals surface area contributed by atoms with Crippen molar-refractivity contribution in [2.24, 2.45) is 0 Å². The minimum absolute atomic E-state index is 0.00505. The summed E-state index contributed by atoms with van der Waals surface area (Å²) in [6, 6.07) is 10.7. The maximum absolute atomic E-state index is 12.5. The van der Waals surface area contributed by atoms with Gasteiger partial charge in [-0.25, -0.2) is 13.1 Å². The molecule has 0 saturated carbocycles. The first-order chi connectivity index (χ1) is 15.9. The minimum atomic E-state index is -3.17. The van der Waals surface area contributed by atoms with Gasteiger partial charge in [0.25, 0.3) is 0 Å². The summed E-state index contributed by atoms with van der Waals surface area (Å²) < 4.78 is 28.9. The molecule has 0 aromatic heterocycles. The minimum Gasteiger partial charge on any atom is -0.320 e. The van der Waals surface area contributed by atoms with Gasteiger partial charge in [-0.2, -0.15) is 0 Å². The molecule has 0 aliphatic carbocycles. The van der Waals surface area contributed by atoms with Gasteiger partial charge in [-0.05, 0) is 40.0 Å². The quantitative estimate of drug-likeness (QED) is 0.151. The molecule has 0 radical (unpaired) electrons. The molecule has 0 saturated heterocycles. The number of hydrogen-bond acceptors (Lipinski definition) is 2. The SMILES string of the molecule is CCCCCCCCCCCCS(=O)(=O)NC(C)CCC[N+](CC)(CC)Cc1ccccc1. The van der Waals surface area contributed by atoms with Crippen LogP contribution in [0.25, 0.3) is 0 Å². The smallest absolute Gasteiger partial charge is 0.211 e. The van der Waals surface area contributed by atoms with Gasteiger partial charge in [-0.3, -0.25) is 0 Å². The van der Waals surface area contributed by atoms with Gasteiger partial charge in [-0.15, -0.1) is 0 Å². The predicted molar refractivity (Wildman–Crippen MR) is 144 cm³/mol. The van der Waals surface area contributed by atoms with Crippen LogP contribution in [0.4, 0.5) is 0 Å². The summed E-state index contributed by atoms with van der Waals surface area (Å²) in [6.07, 6.45) is 14.1. The Balaban J connectivity index is 2.24. The third-order valence-corrected chi connectivity index (χ3v) is 8.71. The molecule has 192 valence electrons. The van der Waals surface area contributed by atoms with Crippen LogP contribution in [0.2, 0.25) is 0 Å². The zero-order chi connectivity index (χ0) is 24.4. The number of nitrogens with one attached hydrogen (secondary N) is 1. The molecule has 4 nitrogen and oxygen atoms in total. The molecule has 1 atom stereocenters. The van der Waals surface area contributed by atoms with Crippen molar-refractivity contribution in [1.29, 1.82) is 0 Å². The summed E-state index contributed by atoms with van der Waals surface area (Å²) in [5.41, 5.74) is 1.38. The summed E-state index contributed by atoms with van der Waals surface area (Å²) in [5.74, 6) is 0.270. The second-order valence-electron chi connectivity index (χ2n) is 10.0. The Labute approximate surface area is 206 Å². The van der Waals surface area contributed by atoms with Crippen molar-refractivity contribution in [2.75, 3.05) is 25.4 Å². The monoisotopic (exact) mass is 481 g/mol. The highest BCUT2D eigenvalue weighted by Crippen LogP contribution is 2.17. The first-order valence-electron chi connectivity index (χ1n) is 13.8. The number of sulfonamides is 1. The number of nitrogens with zero attached hydrogens (tertiary/aromatic N) is 1. The summed E-state index contributed by atoms with van der Waals surface area (Å²) in [7, 11) is -3.17. The van der Waals surface area contributed by atoms with Crippen molar-refractivity contribution in [2.45, 2.75) is 117 Å². The van der Waals surface area contributed by atoms with Crippen molar-refractivity contribution in [1.82, 2.24) is 4.72 Å². The summed E-state index contributed by atoms with van der Waals surface area (Å²) in [4.78, 5) is 0. The molecule has 0 spiro atoms. The zero-order valence-corrected chi connectivity index (χ0v) is 23.0. The summed E-state index contributed by atoms with van der Waals surface area (Å²) in [6.45, 7) is 13.1. The standard InChI is InChI=1S/C28H53N2O2S/c1-5-8-9-10-11-12-13-14-15-19-25-33(31,32)29-27(4)21-20-24-30(6-2,7-3)26-28-22-17-16-18-23-28/h16-18,22-23,27,29H,5-15,19-21,24-26H2,1-4H3/q+1. The maximum Gasteiger partial charge on any atom is 0.211 e. The molecule has 0 aliphatic heterocycles. The van der Waals surface area contributed by atoms with Crippen molar-refractivity contribution in [3.05, 3.63) is 35.9 Å². The van der Waals surface area contributed by atoms with E-state index in [4.69, 9.17) is 0 Å². The second-order valence-corrected chi connectivity index (χ2v) is 11.9. The van der Waals surface area contributed by atoms with Gasteiger partial charge in [0.15, 0.2) is 0 Å². The van der Waals surface area contributed by atoms with Gasteiger partial charge in [0, 0.05) is 11.6 Å². The fourth-order valence-electron chi connectivity index (χ4n) is 4.75. The molecule has 5 heteroatoms. The Bertz CT molecular complexity index is 687. The number of quaternary nitrogens is 1. The number of rotatable bonds is 21. The molecule has 1 aromatic carbocycles. The lowest BCUT2D eigenvalue weighted by Gasteiger charge is -2.37. The average molecular weight is 482 g/mol. The second kappa shape index (κ2) is 17.5. The largest absolute Gasteiger partial charge is 0.320 e. The highest BCUT2D eigenvalue weighted by molar-refractivity contribution is 7.89. The van der Waals surface area contributed by atoms with Crippen LogP contribution in [0, 0.1) is 0 Å². The lowest BCUT2D eigenvalue weighted by Crippen LogP contribution is -2.48. The molecule has 1 N–H and O–H groups in total. The molecule has 33 heavy (non-hydrogen) atoms. The number of unbranched alkanes of at least 4 members (excludes halogenated alkanes) is 9. The van der Waals surface area contributed by atoms with E-state index in [1.165, 1.54) is 50.5 Å². The first-order valence-corrected chi connectivity index (χ1v) is 15.4. The molecule has 0 heterocycles. The Morgan fingerprint density at radius 1 is 0.788 bits per heavy atom. The maximum atomic E-state index is 12.5. The topological polar surface area (TPSA) is 46.2 Å². The van der Waals surface area contributed by atoms with E-state index in [2.05, 4.69) is 55.8 Å². The molecule has 0 bridgehead atoms. The highest BCUT2D eigenvalue weighted by atomic mass is 32.2. The van der Waals surface area contributed by atoms with E-state index in [0.29, 0.717) is 0 Å². The Morgan fingerprint density at radius 2 is 1.33 bits per heavy atom. The van der Waals surface area contributed by atoms with E-state index < -0.39 is 10.0 Å². The Kier molecular flexibility index (Phi) is 16.0. The van der Waals surface area contributed by atoms with Crippen molar-refractivity contribution >= 4 is 10.0 Å². The van der Waals surface area contributed by atoms with Crippen molar-refractivity contribution < 1.29 is 12.9 Å². The molecule has 1 rings (SSSR count). The van der Waals surface area contributed by atoms with Crippen LogP contribution in [-0.4, -0.2) is 44.3 Å². The molecule has 0 amide bonds. The fraction of sp³-hybridized carbons (Fsp3) is 0.786. The van der Waals surface area contributed by atoms with Crippen LogP contribution in [-0.2, 0) is 16.6 Å². The number of hydrogen-bond donors (Lipinski definition) is 1. The van der Waals surface area contributed by atoms with Gasteiger partial charge in [-0.1, -0.05) is 95.0 Å². The third kappa shape index (κ3) is 14.2. The van der Waals surface area contributed by atoms with Crippen LogP contribution >= 0.6 is 0 Å². The average Bonchev–Trinajstić information content (AvgIpc) is 2.80. The molecule has 1 aromatic rings. The first kappa shape index (κ1) is 30.1. The van der Waals surface area contributed by atoms with Crippen molar-refractivity contribution in [3.63, 3.8) is 0 Å². The van der Waals surface area contributed by atoms with Crippen LogP contribution in [0.1, 0.15) is 110 Å². The van der Waals surface area contributed by atoms with E-state index in [-0.39, 0.29) is 11.8 Å². The van der Waals surface area contributed by atoms with Gasteiger partial charge >= 0.3 is 0 Å². The van der Waals surface area contributed by atoms with Gasteiger partial charge in [0.05, 0.1) is 25.4 Å². The molecule has 1 unspecified atom stereocenters. The van der Waals surface area contributed by atoms with E-state index >= 15 is 0 Å². The van der Waals surface area contributed by atoms with Crippen LogP contribution in [0.5, 0.6) is 0 Å². The van der Waals surface area contributed by atoms with Gasteiger partial charge in [0.1, 0.15) is 6.54 Å². The van der Waals surface area contributed by atoms with E-state index in [9.17, 15) is 8.42 Å². The van der Waals surface area contributed by atoms with Gasteiger partial charge in [0.2, 0.25) is 10.0 Å². The lowest BCUT2D eigenvalue weighted by atomic mass is 10.1. The summed E-state index contributed by atoms with van der Waals surface area (Å²) in [5, 5.41) is 0. The Hall–Kier alpha value is -0.910. The molecule has 0 fully saturated rings. The third-order valence-electron chi connectivity index (χ3n) is 7.12. The lowest BCUT2D eigenvalue weighted by molar-refractivity contribution is -0.938. The van der Waals surface area contributed by atoms with Crippen LogP contribution in [0.15, 0.2) is 30.3 Å². The van der Waals surface area contributed by atoms with E-state index in [1.807, 2.05) is 6.92 Å². The molecular formula is C28H53N2O2S+. The van der Waals surface area contributed by atoms with Crippen molar-refractivity contribution in [3.8, 4) is 0 Å². The van der Waals surface area contributed by atoms with E-state index in [0.717, 1.165) is 62.8 Å². The fourth-order valence-corrected chi connectivity index (χ4v) is 6.18. The normalized spacial score (nSPS) is 13.3. The zero-order valence-electron chi connectivity index (χ0n) is 22.2. The molecular weight excluding hydrogens is 428 g/mol. The summed E-state index contributed by atoms with van der Waals surface area (Å²) >= 11 is 0. The van der Waals surface area contributed by atoms with Gasteiger partial charge < -0.3 is 4.48 Å².